The lowest BCUT2D eigenvalue weighted by Crippen LogP contribution is -2.52. The summed E-state index contributed by atoms with van der Waals surface area (Å²) in [6, 6.07) is 0.168. The lowest BCUT2D eigenvalue weighted by molar-refractivity contribution is -0.214. The second kappa shape index (κ2) is 6.26. The Bertz CT molecular complexity index is 649. The molecule has 3 heterocycles. The molecule has 0 saturated carbocycles. The minimum Gasteiger partial charge on any atom is -0.337 e. The number of carbonyl (C=O) groups is 1. The zero-order chi connectivity index (χ0) is 18.4. The van der Waals surface area contributed by atoms with E-state index in [-0.39, 0.29) is 37.2 Å². The molecule has 2 aliphatic heterocycles. The summed E-state index contributed by atoms with van der Waals surface area (Å²) in [5.74, 6) is -1.73. The summed E-state index contributed by atoms with van der Waals surface area (Å²) in [6.45, 7) is 6.75. The third kappa shape index (κ3) is 3.38. The van der Waals surface area contributed by atoms with E-state index in [2.05, 4.69) is 15.6 Å². The first-order valence-corrected chi connectivity index (χ1v) is 8.60. The summed E-state index contributed by atoms with van der Waals surface area (Å²) in [4.78, 5) is 14.3. The maximum absolute atomic E-state index is 13.2. The number of halogens is 3. The van der Waals surface area contributed by atoms with Gasteiger partial charge in [0.25, 0.3) is 5.91 Å². The summed E-state index contributed by atoms with van der Waals surface area (Å²) in [6.07, 6.45) is -3.41. The summed E-state index contributed by atoms with van der Waals surface area (Å²) in [5.41, 5.74) is -0.103. The van der Waals surface area contributed by atoms with Gasteiger partial charge in [-0.15, -0.1) is 5.10 Å². The molecule has 9 heteroatoms. The average Bonchev–Trinajstić information content (AvgIpc) is 3.13. The van der Waals surface area contributed by atoms with Crippen LogP contribution >= 0.6 is 0 Å². The standard InChI is InChI=1S/C16H24F3N5O/c1-10-13(21-22-24(10)11-4-6-20-8-11)14(25)23-7-5-12(16(17,18)19)15(2,3)9-23/h11-12,20H,4-9H2,1-3H3. The Kier molecular flexibility index (Phi) is 4.55. The van der Waals surface area contributed by atoms with Crippen LogP contribution in [0.3, 0.4) is 0 Å². The molecule has 3 rings (SSSR count). The lowest BCUT2D eigenvalue weighted by atomic mass is 9.73. The maximum Gasteiger partial charge on any atom is 0.392 e. The Morgan fingerprint density at radius 1 is 1.32 bits per heavy atom. The number of nitrogens with zero attached hydrogens (tertiary/aromatic N) is 4. The van der Waals surface area contributed by atoms with E-state index >= 15 is 0 Å². The van der Waals surface area contributed by atoms with Crippen LogP contribution in [0.4, 0.5) is 13.2 Å². The van der Waals surface area contributed by atoms with Gasteiger partial charge in [-0.25, -0.2) is 4.68 Å². The quantitative estimate of drug-likeness (QED) is 0.879. The van der Waals surface area contributed by atoms with Crippen molar-refractivity contribution >= 4 is 5.91 Å². The van der Waals surface area contributed by atoms with E-state index in [0.29, 0.717) is 5.69 Å². The van der Waals surface area contributed by atoms with Crippen molar-refractivity contribution in [3.05, 3.63) is 11.4 Å². The number of likely N-dealkylation sites (tertiary alicyclic amines) is 1. The molecule has 0 aliphatic carbocycles. The highest BCUT2D eigenvalue weighted by atomic mass is 19.4. The van der Waals surface area contributed by atoms with E-state index in [4.69, 9.17) is 0 Å². The Labute approximate surface area is 144 Å². The zero-order valence-corrected chi connectivity index (χ0v) is 14.7. The van der Waals surface area contributed by atoms with Crippen LogP contribution in [-0.4, -0.2) is 58.2 Å². The highest BCUT2D eigenvalue weighted by molar-refractivity contribution is 5.93. The molecule has 0 aromatic carbocycles. The summed E-state index contributed by atoms with van der Waals surface area (Å²) in [7, 11) is 0. The van der Waals surface area contributed by atoms with E-state index in [1.54, 1.807) is 25.5 Å². The smallest absolute Gasteiger partial charge is 0.337 e. The normalized spacial score (nSPS) is 26.9. The first-order chi connectivity index (χ1) is 11.6. The van der Waals surface area contributed by atoms with Crippen molar-refractivity contribution in [1.29, 1.82) is 0 Å². The number of aromatic nitrogens is 3. The fourth-order valence-electron chi connectivity index (χ4n) is 4.02. The molecule has 1 N–H and O–H groups in total. The molecular formula is C16H24F3N5O. The fraction of sp³-hybridized carbons (Fsp3) is 0.812. The molecular weight excluding hydrogens is 335 g/mol. The number of nitrogens with one attached hydrogen (secondary N) is 1. The van der Waals surface area contributed by atoms with Gasteiger partial charge in [0, 0.05) is 19.6 Å². The van der Waals surface area contributed by atoms with Crippen molar-refractivity contribution in [1.82, 2.24) is 25.2 Å². The third-order valence-electron chi connectivity index (χ3n) is 5.42. The van der Waals surface area contributed by atoms with Gasteiger partial charge in [0.2, 0.25) is 0 Å². The highest BCUT2D eigenvalue weighted by Gasteiger charge is 2.52. The van der Waals surface area contributed by atoms with Crippen LogP contribution in [0.5, 0.6) is 0 Å². The van der Waals surface area contributed by atoms with Crippen LogP contribution in [0.15, 0.2) is 0 Å². The SMILES string of the molecule is Cc1c(C(=O)N2CCC(C(F)(F)F)C(C)(C)C2)nnn1C1CCNC1. The number of rotatable bonds is 2. The Balaban J connectivity index is 1.76. The lowest BCUT2D eigenvalue weighted by Gasteiger charge is -2.44. The summed E-state index contributed by atoms with van der Waals surface area (Å²) >= 11 is 0. The fourth-order valence-corrected chi connectivity index (χ4v) is 4.02. The number of hydrogen-bond donors (Lipinski definition) is 1. The second-order valence-electron chi connectivity index (χ2n) is 7.71. The molecule has 6 nitrogen and oxygen atoms in total. The van der Waals surface area contributed by atoms with Crippen molar-refractivity contribution in [2.75, 3.05) is 26.2 Å². The molecule has 0 bridgehead atoms. The van der Waals surface area contributed by atoms with Gasteiger partial charge < -0.3 is 10.2 Å². The first-order valence-electron chi connectivity index (χ1n) is 8.60. The monoisotopic (exact) mass is 359 g/mol. The first kappa shape index (κ1) is 18.2. The molecule has 2 fully saturated rings. The van der Waals surface area contributed by atoms with Gasteiger partial charge in [0.1, 0.15) is 0 Å². The van der Waals surface area contributed by atoms with Crippen LogP contribution in [0.2, 0.25) is 0 Å². The number of amides is 1. The van der Waals surface area contributed by atoms with Gasteiger partial charge >= 0.3 is 6.18 Å². The number of carbonyl (C=O) groups excluding carboxylic acids is 1. The average molecular weight is 359 g/mol. The predicted octanol–water partition coefficient (Wildman–Crippen LogP) is 2.17. The van der Waals surface area contributed by atoms with Gasteiger partial charge in [-0.1, -0.05) is 19.1 Å². The highest BCUT2D eigenvalue weighted by Crippen LogP contribution is 2.45. The van der Waals surface area contributed by atoms with Crippen LogP contribution < -0.4 is 5.32 Å². The molecule has 2 aliphatic rings. The zero-order valence-electron chi connectivity index (χ0n) is 14.7. The van der Waals surface area contributed by atoms with Crippen molar-refractivity contribution in [2.24, 2.45) is 11.3 Å². The topological polar surface area (TPSA) is 63.1 Å². The molecule has 140 valence electrons. The van der Waals surface area contributed by atoms with Crippen LogP contribution in [0, 0.1) is 18.3 Å². The molecule has 2 atom stereocenters. The molecule has 1 amide bonds. The van der Waals surface area contributed by atoms with Gasteiger partial charge in [-0.3, -0.25) is 4.79 Å². The van der Waals surface area contributed by atoms with E-state index in [1.165, 1.54) is 4.90 Å². The molecule has 2 saturated heterocycles. The van der Waals surface area contributed by atoms with Crippen LogP contribution in [-0.2, 0) is 0 Å². The van der Waals surface area contributed by atoms with Crippen molar-refractivity contribution in [3.63, 3.8) is 0 Å². The summed E-state index contributed by atoms with van der Waals surface area (Å²) < 4.78 is 41.3. The molecule has 0 radical (unpaired) electrons. The third-order valence-corrected chi connectivity index (χ3v) is 5.42. The Morgan fingerprint density at radius 3 is 2.60 bits per heavy atom. The van der Waals surface area contributed by atoms with Crippen molar-refractivity contribution in [2.45, 2.75) is 45.8 Å². The molecule has 1 aromatic heterocycles. The van der Waals surface area contributed by atoms with E-state index in [1.807, 2.05) is 0 Å². The minimum atomic E-state index is -4.24. The summed E-state index contributed by atoms with van der Waals surface area (Å²) in [5, 5.41) is 11.4. The molecule has 0 spiro atoms. The molecule has 25 heavy (non-hydrogen) atoms. The Morgan fingerprint density at radius 2 is 2.04 bits per heavy atom. The number of hydrogen-bond acceptors (Lipinski definition) is 4. The van der Waals surface area contributed by atoms with Crippen molar-refractivity contribution in [3.8, 4) is 0 Å². The van der Waals surface area contributed by atoms with Gasteiger partial charge in [0.05, 0.1) is 17.7 Å². The predicted molar refractivity (Wildman–Crippen MR) is 85.1 cm³/mol. The van der Waals surface area contributed by atoms with E-state index in [0.717, 1.165) is 19.5 Å². The number of piperidine rings is 1. The van der Waals surface area contributed by atoms with Crippen molar-refractivity contribution < 1.29 is 18.0 Å². The van der Waals surface area contributed by atoms with Gasteiger partial charge in [-0.05, 0) is 31.7 Å². The van der Waals surface area contributed by atoms with Crippen LogP contribution in [0.1, 0.15) is 48.9 Å². The molecule has 2 unspecified atom stereocenters. The van der Waals surface area contributed by atoms with Gasteiger partial charge in [0.15, 0.2) is 5.69 Å². The van der Waals surface area contributed by atoms with Crippen LogP contribution in [0.25, 0.3) is 0 Å². The number of alkyl halides is 3. The minimum absolute atomic E-state index is 0.0628. The molecule has 1 aromatic rings. The van der Waals surface area contributed by atoms with Gasteiger partial charge in [-0.2, -0.15) is 13.2 Å². The second-order valence-corrected chi connectivity index (χ2v) is 7.71. The largest absolute Gasteiger partial charge is 0.392 e. The van der Waals surface area contributed by atoms with E-state index in [9.17, 15) is 18.0 Å². The van der Waals surface area contributed by atoms with E-state index < -0.39 is 17.5 Å². The Hall–Kier alpha value is -1.64. The maximum atomic E-state index is 13.2.